The third-order valence-electron chi connectivity index (χ3n) is 5.38. The van der Waals surface area contributed by atoms with E-state index >= 15 is 0 Å². The predicted molar refractivity (Wildman–Crippen MR) is 105 cm³/mol. The zero-order chi connectivity index (χ0) is 17.7. The Hall–Kier alpha value is -2.47. The van der Waals surface area contributed by atoms with Gasteiger partial charge in [0.2, 0.25) is 5.91 Å². The SMILES string of the molecule is CC(Nc1ncnc2sc3c(c12)CCC3)C(=O)N1CCc2ccccc21. The molecule has 0 saturated carbocycles. The van der Waals surface area contributed by atoms with Crippen molar-refractivity contribution in [3.63, 3.8) is 0 Å². The molecule has 1 N–H and O–H groups in total. The molecule has 26 heavy (non-hydrogen) atoms. The summed E-state index contributed by atoms with van der Waals surface area (Å²) in [5, 5.41) is 4.49. The number of nitrogens with one attached hydrogen (secondary N) is 1. The number of fused-ring (bicyclic) bond motifs is 4. The highest BCUT2D eigenvalue weighted by Crippen LogP contribution is 2.39. The molecule has 2 aromatic heterocycles. The highest BCUT2D eigenvalue weighted by Gasteiger charge is 2.29. The van der Waals surface area contributed by atoms with Gasteiger partial charge in [0.25, 0.3) is 0 Å². The number of carbonyl (C=O) groups is 1. The number of aromatic nitrogens is 2. The first-order chi connectivity index (χ1) is 12.7. The van der Waals surface area contributed by atoms with Crippen molar-refractivity contribution in [2.24, 2.45) is 0 Å². The summed E-state index contributed by atoms with van der Waals surface area (Å²) >= 11 is 1.77. The smallest absolute Gasteiger partial charge is 0.249 e. The molecule has 1 aromatic carbocycles. The fourth-order valence-electron chi connectivity index (χ4n) is 4.11. The first-order valence-electron chi connectivity index (χ1n) is 9.13. The molecule has 5 nitrogen and oxygen atoms in total. The summed E-state index contributed by atoms with van der Waals surface area (Å²) in [5.41, 5.74) is 3.66. The van der Waals surface area contributed by atoms with Crippen LogP contribution in [0.5, 0.6) is 0 Å². The van der Waals surface area contributed by atoms with Crippen molar-refractivity contribution in [3.8, 4) is 0 Å². The van der Waals surface area contributed by atoms with Gasteiger partial charge in [-0.2, -0.15) is 0 Å². The lowest BCUT2D eigenvalue weighted by Crippen LogP contribution is -2.40. The van der Waals surface area contributed by atoms with Crippen LogP contribution in [-0.4, -0.2) is 28.5 Å². The molecule has 3 heterocycles. The number of hydrogen-bond donors (Lipinski definition) is 1. The van der Waals surface area contributed by atoms with Gasteiger partial charge in [-0.1, -0.05) is 18.2 Å². The van der Waals surface area contributed by atoms with Crippen LogP contribution >= 0.6 is 11.3 Å². The zero-order valence-corrected chi connectivity index (χ0v) is 15.5. The number of thiophene rings is 1. The molecule has 1 unspecified atom stereocenters. The van der Waals surface area contributed by atoms with E-state index in [0.717, 1.165) is 47.5 Å². The average molecular weight is 364 g/mol. The second-order valence-corrected chi connectivity index (χ2v) is 8.08. The molecule has 1 atom stereocenters. The Morgan fingerprint density at radius 1 is 1.23 bits per heavy atom. The summed E-state index contributed by atoms with van der Waals surface area (Å²) in [6, 6.07) is 7.82. The van der Waals surface area contributed by atoms with Gasteiger partial charge in [-0.3, -0.25) is 4.79 Å². The lowest BCUT2D eigenvalue weighted by atomic mass is 10.1. The Morgan fingerprint density at radius 2 is 2.12 bits per heavy atom. The maximum Gasteiger partial charge on any atom is 0.249 e. The van der Waals surface area contributed by atoms with E-state index in [2.05, 4.69) is 21.4 Å². The van der Waals surface area contributed by atoms with Gasteiger partial charge >= 0.3 is 0 Å². The van der Waals surface area contributed by atoms with Crippen molar-refractivity contribution in [2.45, 2.75) is 38.6 Å². The highest BCUT2D eigenvalue weighted by molar-refractivity contribution is 7.19. The number of anilines is 2. The van der Waals surface area contributed by atoms with Gasteiger partial charge in [0, 0.05) is 17.1 Å². The molecule has 0 bridgehead atoms. The van der Waals surface area contributed by atoms with Crippen molar-refractivity contribution in [1.82, 2.24) is 9.97 Å². The van der Waals surface area contributed by atoms with E-state index in [4.69, 9.17) is 0 Å². The van der Waals surface area contributed by atoms with Crippen LogP contribution in [0.1, 0.15) is 29.3 Å². The molecule has 0 radical (unpaired) electrons. The Morgan fingerprint density at radius 3 is 3.04 bits per heavy atom. The molecule has 6 heteroatoms. The Labute approximate surface area is 156 Å². The lowest BCUT2D eigenvalue weighted by molar-refractivity contribution is -0.118. The topological polar surface area (TPSA) is 58.1 Å². The number of carbonyl (C=O) groups excluding carboxylic acids is 1. The number of hydrogen-bond acceptors (Lipinski definition) is 5. The first kappa shape index (κ1) is 15.8. The van der Waals surface area contributed by atoms with Gasteiger partial charge in [0.1, 0.15) is 23.0 Å². The molecule has 5 rings (SSSR count). The van der Waals surface area contributed by atoms with Gasteiger partial charge in [-0.05, 0) is 49.8 Å². The number of rotatable bonds is 3. The van der Waals surface area contributed by atoms with E-state index in [1.165, 1.54) is 22.4 Å². The summed E-state index contributed by atoms with van der Waals surface area (Å²) in [6.07, 6.45) is 5.93. The standard InChI is InChI=1S/C20H20N4OS/c1-12(20(25)24-10-9-13-5-2-3-7-15(13)24)23-18-17-14-6-4-8-16(14)26-19(17)22-11-21-18/h2-3,5,7,11-12H,4,6,8-10H2,1H3,(H,21,22,23). The normalized spacial score (nSPS) is 16.6. The van der Waals surface area contributed by atoms with Crippen molar-refractivity contribution >= 4 is 39.0 Å². The minimum absolute atomic E-state index is 0.0913. The van der Waals surface area contributed by atoms with Gasteiger partial charge in [0.05, 0.1) is 5.39 Å². The summed E-state index contributed by atoms with van der Waals surface area (Å²) in [7, 11) is 0. The van der Waals surface area contributed by atoms with Crippen LogP contribution in [0.4, 0.5) is 11.5 Å². The number of nitrogens with zero attached hydrogens (tertiary/aromatic N) is 3. The second-order valence-electron chi connectivity index (χ2n) is 6.99. The minimum Gasteiger partial charge on any atom is -0.358 e. The quantitative estimate of drug-likeness (QED) is 0.772. The molecule has 1 aliphatic heterocycles. The summed E-state index contributed by atoms with van der Waals surface area (Å²) in [4.78, 5) is 26.3. The second kappa shape index (κ2) is 6.06. The lowest BCUT2D eigenvalue weighted by Gasteiger charge is -2.23. The molecule has 0 spiro atoms. The van der Waals surface area contributed by atoms with E-state index in [0.29, 0.717) is 0 Å². The molecule has 132 valence electrons. The van der Waals surface area contributed by atoms with Crippen LogP contribution in [0.2, 0.25) is 0 Å². The van der Waals surface area contributed by atoms with Gasteiger partial charge < -0.3 is 10.2 Å². The molecule has 0 saturated heterocycles. The van der Waals surface area contributed by atoms with E-state index in [1.54, 1.807) is 17.7 Å². The molecule has 1 aliphatic carbocycles. The number of aryl methyl sites for hydroxylation is 2. The van der Waals surface area contributed by atoms with E-state index < -0.39 is 0 Å². The fraction of sp³-hybridized carbons (Fsp3) is 0.350. The van der Waals surface area contributed by atoms with Crippen molar-refractivity contribution in [3.05, 3.63) is 46.6 Å². The van der Waals surface area contributed by atoms with Crippen LogP contribution in [0.3, 0.4) is 0 Å². The fourth-order valence-corrected chi connectivity index (χ4v) is 5.33. The minimum atomic E-state index is -0.337. The van der Waals surface area contributed by atoms with Crippen LogP contribution in [0.15, 0.2) is 30.6 Å². The van der Waals surface area contributed by atoms with Crippen molar-refractivity contribution in [1.29, 1.82) is 0 Å². The zero-order valence-electron chi connectivity index (χ0n) is 14.7. The van der Waals surface area contributed by atoms with E-state index in [9.17, 15) is 4.79 Å². The largest absolute Gasteiger partial charge is 0.358 e. The predicted octanol–water partition coefficient (Wildman–Crippen LogP) is 3.57. The van der Waals surface area contributed by atoms with Crippen molar-refractivity contribution < 1.29 is 4.79 Å². The first-order valence-corrected chi connectivity index (χ1v) is 9.95. The number of amides is 1. The molecule has 1 amide bonds. The van der Waals surface area contributed by atoms with Crippen LogP contribution in [0, 0.1) is 0 Å². The van der Waals surface area contributed by atoms with Crippen LogP contribution < -0.4 is 10.2 Å². The maximum absolute atomic E-state index is 13.0. The van der Waals surface area contributed by atoms with Gasteiger partial charge in [-0.15, -0.1) is 11.3 Å². The monoisotopic (exact) mass is 364 g/mol. The summed E-state index contributed by atoms with van der Waals surface area (Å²) in [6.45, 7) is 2.67. The van der Waals surface area contributed by atoms with Crippen LogP contribution in [0.25, 0.3) is 10.2 Å². The molecular weight excluding hydrogens is 344 g/mol. The third-order valence-corrected chi connectivity index (χ3v) is 6.58. The van der Waals surface area contributed by atoms with Gasteiger partial charge in [0.15, 0.2) is 0 Å². The van der Waals surface area contributed by atoms with Gasteiger partial charge in [-0.25, -0.2) is 9.97 Å². The molecule has 0 fully saturated rings. The van der Waals surface area contributed by atoms with E-state index in [-0.39, 0.29) is 11.9 Å². The van der Waals surface area contributed by atoms with E-state index in [1.807, 2.05) is 30.0 Å². The number of para-hydroxylation sites is 1. The average Bonchev–Trinajstić information content (AvgIpc) is 3.35. The Kier molecular flexibility index (Phi) is 3.67. The molecule has 2 aliphatic rings. The maximum atomic E-state index is 13.0. The van der Waals surface area contributed by atoms with Crippen LogP contribution in [-0.2, 0) is 24.1 Å². The third kappa shape index (κ3) is 2.40. The Balaban J connectivity index is 1.44. The summed E-state index contributed by atoms with van der Waals surface area (Å²) in [5.74, 6) is 0.885. The Bertz CT molecular complexity index is 1010. The summed E-state index contributed by atoms with van der Waals surface area (Å²) < 4.78 is 0. The molecular formula is C20H20N4OS. The van der Waals surface area contributed by atoms with Crippen molar-refractivity contribution in [2.75, 3.05) is 16.8 Å². The number of benzene rings is 1. The highest BCUT2D eigenvalue weighted by atomic mass is 32.1. The molecule has 3 aromatic rings.